The molecule has 0 atom stereocenters. The van der Waals surface area contributed by atoms with Gasteiger partial charge in [0.2, 0.25) is 5.58 Å². The second-order valence-corrected chi connectivity index (χ2v) is 2.47. The maximum Gasteiger partial charge on any atom is 0.327 e. The Kier molecular flexibility index (Phi) is 1.50. The smallest absolute Gasteiger partial charge is 0.285 e. The molecule has 0 bridgehead atoms. The van der Waals surface area contributed by atoms with Gasteiger partial charge in [-0.1, -0.05) is 0 Å². The summed E-state index contributed by atoms with van der Waals surface area (Å²) in [7, 11) is 0. The second-order valence-electron chi connectivity index (χ2n) is 2.47. The van der Waals surface area contributed by atoms with Gasteiger partial charge in [-0.15, -0.1) is 0 Å². The monoisotopic (exact) mass is 198 g/mol. The molecule has 2 rings (SSSR count). The normalized spacial score (nSPS) is 10.6. The number of fused-ring (bicyclic) bond motifs is 1. The maximum absolute atomic E-state index is 10.4. The molecule has 0 saturated carbocycles. The molecule has 8 heteroatoms. The quantitative estimate of drug-likeness (QED) is 0.413. The molecule has 2 aromatic rings. The van der Waals surface area contributed by atoms with Crippen molar-refractivity contribution in [2.75, 3.05) is 0 Å². The lowest BCUT2D eigenvalue weighted by Crippen LogP contribution is -1.95. The zero-order chi connectivity index (χ0) is 10.3. The molecular formula is C6H2N2O6. The van der Waals surface area contributed by atoms with Crippen molar-refractivity contribution < 1.29 is 19.0 Å². The lowest BCUT2D eigenvalue weighted by Gasteiger charge is -1.98. The molecule has 0 aliphatic heterocycles. The zero-order valence-electron chi connectivity index (χ0n) is 6.50. The Morgan fingerprint density at radius 1 is 1.07 bits per heavy atom. The van der Waals surface area contributed by atoms with Gasteiger partial charge in [0, 0.05) is 0 Å². The fourth-order valence-corrected chi connectivity index (χ4v) is 1.01. The Labute approximate surface area is 74.9 Å². The van der Waals surface area contributed by atoms with Crippen molar-refractivity contribution in [1.82, 2.24) is 0 Å². The van der Waals surface area contributed by atoms with Crippen molar-refractivity contribution in [1.29, 1.82) is 0 Å². The van der Waals surface area contributed by atoms with Gasteiger partial charge in [-0.3, -0.25) is 29.4 Å². The molecule has 0 saturated heterocycles. The number of hydrogen-bond acceptors (Lipinski definition) is 6. The van der Waals surface area contributed by atoms with Crippen molar-refractivity contribution in [3.63, 3.8) is 0 Å². The molecule has 0 N–H and O–H groups in total. The van der Waals surface area contributed by atoms with Crippen LogP contribution in [0.25, 0.3) is 11.2 Å². The van der Waals surface area contributed by atoms with Gasteiger partial charge >= 0.3 is 11.3 Å². The summed E-state index contributed by atoms with van der Waals surface area (Å²) in [5, 5.41) is 20.8. The first kappa shape index (κ1) is 8.23. The minimum absolute atomic E-state index is 0.00546. The van der Waals surface area contributed by atoms with Gasteiger partial charge in [0.15, 0.2) is 0 Å². The number of nitro benzene ring substituents is 2. The van der Waals surface area contributed by atoms with E-state index in [0.717, 1.165) is 12.1 Å². The van der Waals surface area contributed by atoms with Gasteiger partial charge in [-0.25, -0.2) is 0 Å². The van der Waals surface area contributed by atoms with Crippen LogP contribution in [0.3, 0.4) is 0 Å². The fourth-order valence-electron chi connectivity index (χ4n) is 1.01. The lowest BCUT2D eigenvalue weighted by atomic mass is 10.2. The summed E-state index contributed by atoms with van der Waals surface area (Å²) in [6.45, 7) is 0. The molecule has 0 spiro atoms. The van der Waals surface area contributed by atoms with E-state index in [1.165, 1.54) is 0 Å². The third kappa shape index (κ3) is 1.01. The largest absolute Gasteiger partial charge is 0.327 e. The maximum atomic E-state index is 10.4. The Morgan fingerprint density at radius 2 is 1.79 bits per heavy atom. The molecule has 1 aromatic heterocycles. The Balaban J connectivity index is 2.69. The fraction of sp³-hybridized carbons (Fsp3) is 0. The number of rotatable bonds is 2. The summed E-state index contributed by atoms with van der Waals surface area (Å²) >= 11 is 0. The number of non-ortho nitro benzene ring substituents is 2. The molecular weight excluding hydrogens is 196 g/mol. The van der Waals surface area contributed by atoms with Crippen LogP contribution < -0.4 is 0 Å². The highest BCUT2D eigenvalue weighted by Crippen LogP contribution is 2.33. The number of nitrogens with zero attached hydrogens (tertiary/aromatic N) is 2. The zero-order valence-corrected chi connectivity index (χ0v) is 6.50. The van der Waals surface area contributed by atoms with E-state index in [-0.39, 0.29) is 11.2 Å². The van der Waals surface area contributed by atoms with E-state index >= 15 is 0 Å². The SMILES string of the molecule is O=[N+]([O-])c1cc([N+](=O)[O-])c2ooc2c1. The molecule has 0 radical (unpaired) electrons. The molecule has 8 nitrogen and oxygen atoms in total. The van der Waals surface area contributed by atoms with Crippen LogP contribution in [0.5, 0.6) is 0 Å². The van der Waals surface area contributed by atoms with Gasteiger partial charge in [-0.2, -0.15) is 0 Å². The third-order valence-corrected chi connectivity index (χ3v) is 1.64. The number of nitro groups is 2. The Hall–Kier alpha value is -2.38. The van der Waals surface area contributed by atoms with E-state index in [0.29, 0.717) is 0 Å². The van der Waals surface area contributed by atoms with Crippen LogP contribution in [-0.2, 0) is 0 Å². The van der Waals surface area contributed by atoms with Crippen molar-refractivity contribution in [2.24, 2.45) is 0 Å². The molecule has 0 amide bonds. The average Bonchev–Trinajstić information content (AvgIpc) is 2.05. The standard InChI is InChI=1S/C6H2N2O6/c9-7(10)3-1-4(8(11)12)6-5(2-3)13-14-6/h1-2H. The first-order valence-electron chi connectivity index (χ1n) is 3.41. The molecule has 0 fully saturated rings. The van der Waals surface area contributed by atoms with Gasteiger partial charge in [0.05, 0.1) is 22.0 Å². The first-order valence-corrected chi connectivity index (χ1v) is 3.41. The van der Waals surface area contributed by atoms with Crippen LogP contribution in [-0.4, -0.2) is 9.85 Å². The van der Waals surface area contributed by atoms with Gasteiger partial charge < -0.3 is 0 Å². The van der Waals surface area contributed by atoms with Crippen LogP contribution >= 0.6 is 0 Å². The Bertz CT molecular complexity index is 523. The van der Waals surface area contributed by atoms with E-state index in [9.17, 15) is 20.2 Å². The van der Waals surface area contributed by atoms with Crippen molar-refractivity contribution in [3.8, 4) is 0 Å². The third-order valence-electron chi connectivity index (χ3n) is 1.64. The summed E-state index contributed by atoms with van der Waals surface area (Å²) in [6, 6.07) is 1.88. The van der Waals surface area contributed by atoms with Crippen molar-refractivity contribution in [3.05, 3.63) is 32.4 Å². The highest BCUT2D eigenvalue weighted by atomic mass is 17.0. The average molecular weight is 198 g/mol. The minimum Gasteiger partial charge on any atom is -0.285 e. The molecule has 1 aromatic carbocycles. The summed E-state index contributed by atoms with van der Waals surface area (Å²) in [5.41, 5.74) is -0.953. The van der Waals surface area contributed by atoms with E-state index in [2.05, 4.69) is 9.15 Å². The summed E-state index contributed by atoms with van der Waals surface area (Å²) in [6.07, 6.45) is 0. The van der Waals surface area contributed by atoms with Crippen LogP contribution in [0.4, 0.5) is 11.4 Å². The second kappa shape index (κ2) is 2.55. The van der Waals surface area contributed by atoms with Gasteiger partial charge in [-0.05, 0) is 0 Å². The number of benzene rings is 1. The van der Waals surface area contributed by atoms with Crippen LogP contribution in [0, 0.1) is 20.2 Å². The lowest BCUT2D eigenvalue weighted by molar-refractivity contribution is -0.394. The molecule has 0 unspecified atom stereocenters. The van der Waals surface area contributed by atoms with E-state index in [1.54, 1.807) is 0 Å². The topological polar surface area (TPSA) is 113 Å². The van der Waals surface area contributed by atoms with Crippen LogP contribution in [0.2, 0.25) is 0 Å². The van der Waals surface area contributed by atoms with Gasteiger partial charge in [0.25, 0.3) is 5.69 Å². The molecule has 0 aliphatic rings. The highest BCUT2D eigenvalue weighted by Gasteiger charge is 2.25. The van der Waals surface area contributed by atoms with Crippen LogP contribution in [0.1, 0.15) is 0 Å². The van der Waals surface area contributed by atoms with Crippen LogP contribution in [0.15, 0.2) is 21.3 Å². The first-order chi connectivity index (χ1) is 6.59. The Morgan fingerprint density at radius 3 is 2.21 bits per heavy atom. The minimum atomic E-state index is -0.769. The van der Waals surface area contributed by atoms with Crippen molar-refractivity contribution >= 4 is 22.5 Å². The molecule has 72 valence electrons. The number of hydrogen-bond donors (Lipinski definition) is 0. The van der Waals surface area contributed by atoms with Crippen molar-refractivity contribution in [2.45, 2.75) is 0 Å². The highest BCUT2D eigenvalue weighted by molar-refractivity contribution is 5.83. The molecule has 1 heterocycles. The summed E-state index contributed by atoms with van der Waals surface area (Å²) < 4.78 is 8.69. The predicted molar refractivity (Wildman–Crippen MR) is 41.8 cm³/mol. The molecule has 0 aliphatic carbocycles. The summed E-state index contributed by atoms with van der Waals surface area (Å²) in [5.74, 6) is 0. The molecule has 14 heavy (non-hydrogen) atoms. The summed E-state index contributed by atoms with van der Waals surface area (Å²) in [4.78, 5) is 19.3. The van der Waals surface area contributed by atoms with E-state index < -0.39 is 21.2 Å². The van der Waals surface area contributed by atoms with E-state index in [1.807, 2.05) is 0 Å². The van der Waals surface area contributed by atoms with Gasteiger partial charge in [0.1, 0.15) is 0 Å². The predicted octanol–water partition coefficient (Wildman–Crippen LogP) is 1.84. The van der Waals surface area contributed by atoms with E-state index in [4.69, 9.17) is 0 Å².